The lowest BCUT2D eigenvalue weighted by atomic mass is 9.98. The monoisotopic (exact) mass is 511 g/mol. The van der Waals surface area contributed by atoms with Crippen LogP contribution in [0, 0.1) is 10.1 Å². The Balaban J connectivity index is 1.52. The van der Waals surface area contributed by atoms with E-state index in [1.165, 1.54) is 37.5 Å². The third-order valence-electron chi connectivity index (χ3n) is 6.82. The zero-order chi connectivity index (χ0) is 26.6. The Morgan fingerprint density at radius 1 is 1.00 bits per heavy atom. The van der Waals surface area contributed by atoms with Crippen LogP contribution in [0.3, 0.4) is 0 Å². The number of carbonyl (C=O) groups excluding carboxylic acids is 2. The van der Waals surface area contributed by atoms with Crippen molar-refractivity contribution < 1.29 is 14.5 Å². The lowest BCUT2D eigenvalue weighted by Crippen LogP contribution is -2.18. The summed E-state index contributed by atoms with van der Waals surface area (Å²) in [5, 5.41) is 20.5. The molecule has 0 spiro atoms. The molecular formula is C29H29N5O4. The van der Waals surface area contributed by atoms with E-state index in [0.29, 0.717) is 29.1 Å². The van der Waals surface area contributed by atoms with E-state index >= 15 is 0 Å². The van der Waals surface area contributed by atoms with Gasteiger partial charge in [0, 0.05) is 49.1 Å². The number of rotatable bonds is 8. The van der Waals surface area contributed by atoms with Gasteiger partial charge in [0.15, 0.2) is 0 Å². The molecule has 2 aliphatic rings. The van der Waals surface area contributed by atoms with Crippen molar-refractivity contribution in [1.29, 1.82) is 0 Å². The number of nitrogens with zero attached hydrogens (tertiary/aromatic N) is 2. The molecule has 0 aliphatic carbocycles. The van der Waals surface area contributed by atoms with Crippen LogP contribution in [-0.2, 0) is 22.7 Å². The summed E-state index contributed by atoms with van der Waals surface area (Å²) in [4.78, 5) is 37.9. The van der Waals surface area contributed by atoms with Crippen LogP contribution in [0.2, 0.25) is 0 Å². The van der Waals surface area contributed by atoms with Crippen LogP contribution >= 0.6 is 0 Å². The predicted octanol–water partition coefficient (Wildman–Crippen LogP) is 4.76. The maximum absolute atomic E-state index is 13.2. The number of anilines is 2. The standard InChI is InChI=1S/C29H29N5O4/c1-19(35)30-17-20-4-8-22(9-5-20)28(27-25-16-24(34(37)38)12-13-26(25)32-29(27)36)31-23-10-6-21(7-11-23)18-33-14-2-3-15-33/h4-13,16,31H,2-3,14-15,17-18H2,1H3,(H,30,35)(H,32,36)/b28-27-. The Hall–Kier alpha value is -4.50. The van der Waals surface area contributed by atoms with E-state index in [4.69, 9.17) is 0 Å². The van der Waals surface area contributed by atoms with Crippen molar-refractivity contribution in [1.82, 2.24) is 10.2 Å². The van der Waals surface area contributed by atoms with E-state index in [1.807, 2.05) is 36.4 Å². The van der Waals surface area contributed by atoms with Gasteiger partial charge in [0.05, 0.1) is 16.2 Å². The summed E-state index contributed by atoms with van der Waals surface area (Å²) >= 11 is 0. The molecule has 1 saturated heterocycles. The van der Waals surface area contributed by atoms with E-state index in [0.717, 1.165) is 36.4 Å². The van der Waals surface area contributed by atoms with Gasteiger partial charge in [0.25, 0.3) is 11.6 Å². The number of nitrogens with one attached hydrogen (secondary N) is 3. The van der Waals surface area contributed by atoms with Crippen LogP contribution < -0.4 is 16.0 Å². The molecule has 1 fully saturated rings. The number of benzene rings is 3. The Morgan fingerprint density at radius 3 is 2.34 bits per heavy atom. The average Bonchev–Trinajstić information content (AvgIpc) is 3.53. The molecule has 2 amide bonds. The molecule has 194 valence electrons. The quantitative estimate of drug-likeness (QED) is 0.228. The van der Waals surface area contributed by atoms with E-state index < -0.39 is 4.92 Å². The van der Waals surface area contributed by atoms with Crippen LogP contribution in [0.25, 0.3) is 11.3 Å². The van der Waals surface area contributed by atoms with Gasteiger partial charge in [-0.05, 0) is 60.8 Å². The van der Waals surface area contributed by atoms with E-state index in [2.05, 4.69) is 33.0 Å². The van der Waals surface area contributed by atoms with Gasteiger partial charge in [-0.15, -0.1) is 0 Å². The molecule has 5 rings (SSSR count). The number of amides is 2. The SMILES string of the molecule is CC(=O)NCc1ccc(/C(Nc2ccc(CN3CCCC3)cc2)=C2/C(=O)Nc3ccc([N+](=O)[O-])cc32)cc1. The van der Waals surface area contributed by atoms with Gasteiger partial charge >= 0.3 is 0 Å². The number of hydrogen-bond acceptors (Lipinski definition) is 6. The molecule has 0 atom stereocenters. The van der Waals surface area contributed by atoms with Gasteiger partial charge in [0.1, 0.15) is 0 Å². The first-order valence-electron chi connectivity index (χ1n) is 12.6. The fraction of sp³-hybridized carbons (Fsp3) is 0.241. The van der Waals surface area contributed by atoms with Gasteiger partial charge < -0.3 is 16.0 Å². The van der Waals surface area contributed by atoms with Crippen molar-refractivity contribution in [2.24, 2.45) is 0 Å². The summed E-state index contributed by atoms with van der Waals surface area (Å²) in [6.07, 6.45) is 2.48. The highest BCUT2D eigenvalue weighted by atomic mass is 16.6. The highest BCUT2D eigenvalue weighted by Gasteiger charge is 2.30. The smallest absolute Gasteiger partial charge is 0.270 e. The summed E-state index contributed by atoms with van der Waals surface area (Å²) in [5.74, 6) is -0.455. The molecule has 38 heavy (non-hydrogen) atoms. The van der Waals surface area contributed by atoms with E-state index in [-0.39, 0.29) is 17.5 Å². The molecule has 0 saturated carbocycles. The summed E-state index contributed by atoms with van der Waals surface area (Å²) in [6.45, 7) is 5.00. The van der Waals surface area contributed by atoms with Crippen LogP contribution in [0.1, 0.15) is 42.0 Å². The van der Waals surface area contributed by atoms with E-state index in [1.54, 1.807) is 6.07 Å². The Labute approximate surface area is 220 Å². The normalized spacial score (nSPS) is 16.1. The molecule has 3 aromatic carbocycles. The molecule has 0 bridgehead atoms. The fourth-order valence-electron chi connectivity index (χ4n) is 4.85. The first-order chi connectivity index (χ1) is 18.4. The van der Waals surface area contributed by atoms with Crippen LogP contribution in [0.5, 0.6) is 0 Å². The van der Waals surface area contributed by atoms with Crippen molar-refractivity contribution in [2.45, 2.75) is 32.9 Å². The van der Waals surface area contributed by atoms with Gasteiger partial charge in [-0.25, -0.2) is 0 Å². The molecule has 9 heteroatoms. The van der Waals surface area contributed by atoms with Crippen molar-refractivity contribution in [3.8, 4) is 0 Å². The maximum Gasteiger partial charge on any atom is 0.270 e. The second-order valence-corrected chi connectivity index (χ2v) is 9.60. The largest absolute Gasteiger partial charge is 0.354 e. The van der Waals surface area contributed by atoms with Gasteiger partial charge in [-0.3, -0.25) is 24.6 Å². The predicted molar refractivity (Wildman–Crippen MR) is 147 cm³/mol. The first-order valence-corrected chi connectivity index (χ1v) is 12.6. The summed E-state index contributed by atoms with van der Waals surface area (Å²) in [6, 6.07) is 20.0. The summed E-state index contributed by atoms with van der Waals surface area (Å²) < 4.78 is 0. The lowest BCUT2D eigenvalue weighted by Gasteiger charge is -2.17. The van der Waals surface area contributed by atoms with Crippen molar-refractivity contribution in [3.05, 3.63) is 99.1 Å². The molecule has 9 nitrogen and oxygen atoms in total. The Morgan fingerprint density at radius 2 is 1.68 bits per heavy atom. The highest BCUT2D eigenvalue weighted by Crippen LogP contribution is 2.39. The zero-order valence-electron chi connectivity index (χ0n) is 21.1. The topological polar surface area (TPSA) is 117 Å². The highest BCUT2D eigenvalue weighted by molar-refractivity contribution is 6.37. The van der Waals surface area contributed by atoms with Gasteiger partial charge in [0.2, 0.25) is 5.91 Å². The second kappa shape index (κ2) is 10.9. The summed E-state index contributed by atoms with van der Waals surface area (Å²) in [7, 11) is 0. The number of carbonyl (C=O) groups is 2. The number of fused-ring (bicyclic) bond motifs is 1. The minimum atomic E-state index is -0.469. The molecule has 3 aromatic rings. The zero-order valence-corrected chi connectivity index (χ0v) is 21.1. The molecular weight excluding hydrogens is 482 g/mol. The van der Waals surface area contributed by atoms with Crippen LogP contribution in [-0.4, -0.2) is 34.7 Å². The number of hydrogen-bond donors (Lipinski definition) is 3. The van der Waals surface area contributed by atoms with Gasteiger partial charge in [-0.2, -0.15) is 0 Å². The van der Waals surface area contributed by atoms with Crippen LogP contribution in [0.15, 0.2) is 66.7 Å². The molecule has 0 unspecified atom stereocenters. The lowest BCUT2D eigenvalue weighted by molar-refractivity contribution is -0.384. The summed E-state index contributed by atoms with van der Waals surface area (Å²) in [5.41, 5.74) is 5.44. The fourth-order valence-corrected chi connectivity index (χ4v) is 4.85. The van der Waals surface area contributed by atoms with Crippen molar-refractivity contribution in [2.75, 3.05) is 23.7 Å². The number of nitro benzene ring substituents is 1. The second-order valence-electron chi connectivity index (χ2n) is 9.60. The number of nitro groups is 1. The van der Waals surface area contributed by atoms with Gasteiger partial charge in [-0.1, -0.05) is 36.4 Å². The third-order valence-corrected chi connectivity index (χ3v) is 6.82. The Bertz CT molecular complexity index is 1410. The number of non-ortho nitro benzene ring substituents is 1. The van der Waals surface area contributed by atoms with Crippen molar-refractivity contribution in [3.63, 3.8) is 0 Å². The van der Waals surface area contributed by atoms with E-state index in [9.17, 15) is 19.7 Å². The minimum Gasteiger partial charge on any atom is -0.354 e. The first kappa shape index (κ1) is 25.2. The molecule has 2 aliphatic heterocycles. The third kappa shape index (κ3) is 5.57. The molecule has 0 radical (unpaired) electrons. The Kier molecular flexibility index (Phi) is 7.19. The van der Waals surface area contributed by atoms with Crippen LogP contribution in [0.4, 0.5) is 17.1 Å². The molecule has 3 N–H and O–H groups in total. The number of likely N-dealkylation sites (tertiary alicyclic amines) is 1. The van der Waals surface area contributed by atoms with Crippen molar-refractivity contribution >= 4 is 40.1 Å². The average molecular weight is 512 g/mol. The molecule has 2 heterocycles. The minimum absolute atomic E-state index is 0.0889. The maximum atomic E-state index is 13.2. The molecule has 0 aromatic heterocycles.